The van der Waals surface area contributed by atoms with Crippen molar-refractivity contribution in [1.82, 2.24) is 4.90 Å². The summed E-state index contributed by atoms with van der Waals surface area (Å²) in [5.41, 5.74) is 0. The first kappa shape index (κ1) is 11.6. The Labute approximate surface area is 89.2 Å². The molecule has 1 heterocycles. The lowest BCUT2D eigenvalue weighted by atomic mass is 10.0. The fourth-order valence-electron chi connectivity index (χ4n) is 1.72. The molecular weight excluding hydrogens is 198 g/mol. The lowest BCUT2D eigenvalue weighted by Crippen LogP contribution is -2.45. The predicted molar refractivity (Wildman–Crippen MR) is 58.1 cm³/mol. The molecule has 1 saturated heterocycles. The highest BCUT2D eigenvalue weighted by atomic mass is 32.2. The number of thioether (sulfide) groups is 1. The lowest BCUT2D eigenvalue weighted by molar-refractivity contribution is -0.138. The standard InChI is InChI=1S/C10H17NO2S/c1-6(2)10(13)9-5-14-8(4)11(9)7(3)12/h6,8-9H,5H2,1-4H3. The molecule has 1 fully saturated rings. The molecule has 0 aliphatic carbocycles. The first-order valence-corrected chi connectivity index (χ1v) is 5.94. The van der Waals surface area contributed by atoms with Gasteiger partial charge in [-0.3, -0.25) is 9.59 Å². The van der Waals surface area contributed by atoms with E-state index in [1.54, 1.807) is 16.7 Å². The average molecular weight is 215 g/mol. The molecule has 0 radical (unpaired) electrons. The van der Waals surface area contributed by atoms with Gasteiger partial charge >= 0.3 is 0 Å². The van der Waals surface area contributed by atoms with Crippen molar-refractivity contribution >= 4 is 23.5 Å². The molecule has 1 aliphatic rings. The molecule has 0 aromatic carbocycles. The van der Waals surface area contributed by atoms with Gasteiger partial charge in [0.2, 0.25) is 5.91 Å². The van der Waals surface area contributed by atoms with Gasteiger partial charge in [-0.05, 0) is 6.92 Å². The molecule has 0 N–H and O–H groups in total. The van der Waals surface area contributed by atoms with E-state index in [0.717, 1.165) is 5.75 Å². The zero-order valence-corrected chi connectivity index (χ0v) is 9.93. The van der Waals surface area contributed by atoms with Gasteiger partial charge in [0.05, 0.1) is 5.37 Å². The molecule has 14 heavy (non-hydrogen) atoms. The van der Waals surface area contributed by atoms with Crippen molar-refractivity contribution in [2.45, 2.75) is 39.1 Å². The quantitative estimate of drug-likeness (QED) is 0.701. The van der Waals surface area contributed by atoms with Crippen LogP contribution in [0.3, 0.4) is 0 Å². The van der Waals surface area contributed by atoms with Crippen LogP contribution in [0, 0.1) is 5.92 Å². The number of ketones is 1. The Morgan fingerprint density at radius 1 is 1.43 bits per heavy atom. The Balaban J connectivity index is 2.79. The number of Topliss-reactive ketones (excluding diaryl/α,β-unsaturated/α-hetero) is 1. The summed E-state index contributed by atoms with van der Waals surface area (Å²) in [6.45, 7) is 7.27. The van der Waals surface area contributed by atoms with E-state index in [0.29, 0.717) is 0 Å². The summed E-state index contributed by atoms with van der Waals surface area (Å²) in [6, 6.07) is -0.201. The Morgan fingerprint density at radius 2 is 2.00 bits per heavy atom. The van der Waals surface area contributed by atoms with Crippen LogP contribution in [-0.4, -0.2) is 33.8 Å². The zero-order chi connectivity index (χ0) is 10.9. The minimum Gasteiger partial charge on any atom is -0.320 e. The summed E-state index contributed by atoms with van der Waals surface area (Å²) < 4.78 is 0. The fraction of sp³-hybridized carbons (Fsp3) is 0.800. The third-order valence-electron chi connectivity index (χ3n) is 2.48. The maximum atomic E-state index is 11.8. The number of amides is 1. The number of hydrogen-bond acceptors (Lipinski definition) is 3. The molecule has 1 amide bonds. The molecule has 3 nitrogen and oxygen atoms in total. The largest absolute Gasteiger partial charge is 0.320 e. The number of nitrogens with zero attached hydrogens (tertiary/aromatic N) is 1. The Morgan fingerprint density at radius 3 is 2.43 bits per heavy atom. The van der Waals surface area contributed by atoms with Gasteiger partial charge in [-0.25, -0.2) is 0 Å². The van der Waals surface area contributed by atoms with Crippen LogP contribution in [0.4, 0.5) is 0 Å². The summed E-state index contributed by atoms with van der Waals surface area (Å²) in [7, 11) is 0. The van der Waals surface area contributed by atoms with Gasteiger partial charge in [0.1, 0.15) is 6.04 Å². The lowest BCUT2D eigenvalue weighted by Gasteiger charge is -2.26. The molecule has 0 bridgehead atoms. The van der Waals surface area contributed by atoms with E-state index in [1.165, 1.54) is 6.92 Å². The van der Waals surface area contributed by atoms with Crippen LogP contribution >= 0.6 is 11.8 Å². The number of carbonyl (C=O) groups excluding carboxylic acids is 2. The van der Waals surface area contributed by atoms with Crippen molar-refractivity contribution in [3.63, 3.8) is 0 Å². The summed E-state index contributed by atoms with van der Waals surface area (Å²) in [5.74, 6) is 0.934. The average Bonchev–Trinajstić information content (AvgIpc) is 2.45. The smallest absolute Gasteiger partial charge is 0.220 e. The summed E-state index contributed by atoms with van der Waals surface area (Å²) in [6.07, 6.45) is 0. The van der Waals surface area contributed by atoms with Gasteiger partial charge in [0.15, 0.2) is 5.78 Å². The molecular formula is C10H17NO2S. The molecule has 2 unspecified atom stereocenters. The highest BCUT2D eigenvalue weighted by Crippen LogP contribution is 2.30. The first-order chi connectivity index (χ1) is 6.45. The van der Waals surface area contributed by atoms with Gasteiger partial charge < -0.3 is 4.90 Å². The highest BCUT2D eigenvalue weighted by molar-refractivity contribution is 8.00. The van der Waals surface area contributed by atoms with Crippen LogP contribution in [0.2, 0.25) is 0 Å². The van der Waals surface area contributed by atoms with Gasteiger partial charge in [-0.2, -0.15) is 0 Å². The minimum atomic E-state index is -0.201. The van der Waals surface area contributed by atoms with E-state index in [1.807, 2.05) is 20.8 Å². The summed E-state index contributed by atoms with van der Waals surface area (Å²) in [4.78, 5) is 24.9. The molecule has 2 atom stereocenters. The Bertz CT molecular complexity index is 253. The monoisotopic (exact) mass is 215 g/mol. The second-order valence-corrected chi connectivity index (χ2v) is 5.28. The SMILES string of the molecule is CC(=O)N1C(C)SCC1C(=O)C(C)C. The minimum absolute atomic E-state index is 0.00139. The van der Waals surface area contributed by atoms with Gasteiger partial charge in [-0.15, -0.1) is 11.8 Å². The van der Waals surface area contributed by atoms with Crippen LogP contribution in [0.15, 0.2) is 0 Å². The normalized spacial score (nSPS) is 27.1. The Hall–Kier alpha value is -0.510. The molecule has 1 rings (SSSR count). The van der Waals surface area contributed by atoms with Crippen molar-refractivity contribution < 1.29 is 9.59 Å². The molecule has 0 aromatic rings. The van der Waals surface area contributed by atoms with Gasteiger partial charge in [0, 0.05) is 18.6 Å². The van der Waals surface area contributed by atoms with E-state index in [9.17, 15) is 9.59 Å². The second kappa shape index (κ2) is 4.34. The third kappa shape index (κ3) is 2.11. The summed E-state index contributed by atoms with van der Waals surface area (Å²) >= 11 is 1.67. The number of rotatable bonds is 2. The van der Waals surface area contributed by atoms with Crippen molar-refractivity contribution in [2.75, 3.05) is 5.75 Å². The van der Waals surface area contributed by atoms with Crippen LogP contribution in [0.25, 0.3) is 0 Å². The topological polar surface area (TPSA) is 37.4 Å². The zero-order valence-electron chi connectivity index (χ0n) is 9.11. The van der Waals surface area contributed by atoms with Crippen molar-refractivity contribution in [3.05, 3.63) is 0 Å². The second-order valence-electron chi connectivity index (χ2n) is 3.93. The molecule has 0 spiro atoms. The van der Waals surface area contributed by atoms with E-state index in [4.69, 9.17) is 0 Å². The van der Waals surface area contributed by atoms with Gasteiger partial charge in [-0.1, -0.05) is 13.8 Å². The fourth-order valence-corrected chi connectivity index (χ4v) is 2.97. The predicted octanol–water partition coefficient (Wildman–Crippen LogP) is 1.52. The van der Waals surface area contributed by atoms with E-state index in [-0.39, 0.29) is 29.0 Å². The first-order valence-electron chi connectivity index (χ1n) is 4.89. The van der Waals surface area contributed by atoms with Gasteiger partial charge in [0.25, 0.3) is 0 Å². The maximum absolute atomic E-state index is 11.8. The van der Waals surface area contributed by atoms with Crippen molar-refractivity contribution in [3.8, 4) is 0 Å². The Kier molecular flexibility index (Phi) is 3.59. The van der Waals surface area contributed by atoms with Crippen LogP contribution in [0.1, 0.15) is 27.7 Å². The van der Waals surface area contributed by atoms with Crippen LogP contribution in [-0.2, 0) is 9.59 Å². The molecule has 4 heteroatoms. The number of carbonyl (C=O) groups is 2. The maximum Gasteiger partial charge on any atom is 0.220 e. The summed E-state index contributed by atoms with van der Waals surface area (Å²) in [5, 5.41) is 0.139. The molecule has 1 aliphatic heterocycles. The third-order valence-corrected chi connectivity index (χ3v) is 3.70. The highest BCUT2D eigenvalue weighted by Gasteiger charge is 2.38. The molecule has 80 valence electrons. The van der Waals surface area contributed by atoms with Crippen LogP contribution in [0.5, 0.6) is 0 Å². The van der Waals surface area contributed by atoms with Crippen molar-refractivity contribution in [2.24, 2.45) is 5.92 Å². The van der Waals surface area contributed by atoms with Crippen molar-refractivity contribution in [1.29, 1.82) is 0 Å². The molecule has 0 saturated carbocycles. The van der Waals surface area contributed by atoms with E-state index >= 15 is 0 Å². The molecule has 0 aromatic heterocycles. The van der Waals surface area contributed by atoms with E-state index in [2.05, 4.69) is 0 Å². The van der Waals surface area contributed by atoms with E-state index < -0.39 is 0 Å². The van der Waals surface area contributed by atoms with Crippen LogP contribution < -0.4 is 0 Å². The number of hydrogen-bond donors (Lipinski definition) is 0.